The van der Waals surface area contributed by atoms with E-state index in [4.69, 9.17) is 20.9 Å². The number of nitrogens with two attached hydrogens (primary N) is 2. The molecule has 6 N–H and O–H groups in total. The van der Waals surface area contributed by atoms with Gasteiger partial charge >= 0.3 is 0 Å². The number of carbonyl (C=O) groups is 4. The molecule has 4 aromatic carbocycles. The van der Waals surface area contributed by atoms with Crippen molar-refractivity contribution < 1.29 is 46.9 Å². The number of nitrogens with zero attached hydrogens (tertiary/aromatic N) is 7. The Hall–Kier alpha value is -8.65. The van der Waals surface area contributed by atoms with Crippen LogP contribution in [0.4, 0.5) is 36.2 Å². The molecule has 2 atom stereocenters. The highest BCUT2D eigenvalue weighted by molar-refractivity contribution is 6.09. The van der Waals surface area contributed by atoms with Gasteiger partial charge in [-0.1, -0.05) is 31.4 Å². The second-order valence-electron chi connectivity index (χ2n) is 20.0. The molecule has 6 aromatic rings. The van der Waals surface area contributed by atoms with Crippen LogP contribution in [0.15, 0.2) is 98.6 Å². The van der Waals surface area contributed by atoms with Gasteiger partial charge < -0.3 is 46.1 Å². The van der Waals surface area contributed by atoms with Crippen molar-refractivity contribution in [2.75, 3.05) is 54.5 Å². The number of fused-ring (bicyclic) bond motifs is 1. The van der Waals surface area contributed by atoms with Gasteiger partial charge in [-0.15, -0.1) is 0 Å². The van der Waals surface area contributed by atoms with E-state index in [9.17, 15) is 33.1 Å². The average Bonchev–Trinajstić information content (AvgIpc) is 4.39. The smallest absolute Gasteiger partial charge is 0.258 e. The maximum Gasteiger partial charge on any atom is 0.258 e. The molecule has 5 aliphatic rings. The molecule has 0 bridgehead atoms. The summed E-state index contributed by atoms with van der Waals surface area (Å²) in [4.78, 5) is 71.9. The summed E-state index contributed by atoms with van der Waals surface area (Å²) in [6, 6.07) is 15.1. The Morgan fingerprint density at radius 3 is 1.81 bits per heavy atom. The highest BCUT2D eigenvalue weighted by Gasteiger charge is 2.35. The van der Waals surface area contributed by atoms with Crippen molar-refractivity contribution in [2.45, 2.75) is 82.4 Å². The van der Waals surface area contributed by atoms with E-state index in [1.165, 1.54) is 78.4 Å². The van der Waals surface area contributed by atoms with Crippen LogP contribution in [0.3, 0.4) is 0 Å². The molecule has 2 aromatic heterocycles. The molecule has 78 heavy (non-hydrogen) atoms. The summed E-state index contributed by atoms with van der Waals surface area (Å²) in [5, 5.41) is 13.1. The van der Waals surface area contributed by atoms with Crippen molar-refractivity contribution in [3.63, 3.8) is 0 Å². The van der Waals surface area contributed by atoms with E-state index in [0.29, 0.717) is 60.1 Å². The highest BCUT2D eigenvalue weighted by Crippen LogP contribution is 2.44. The van der Waals surface area contributed by atoms with E-state index in [1.54, 1.807) is 22.8 Å². The van der Waals surface area contributed by atoms with Crippen LogP contribution in [0, 0.1) is 24.4 Å². The molecule has 11 rings (SSSR count). The first kappa shape index (κ1) is 52.8. The fourth-order valence-electron chi connectivity index (χ4n) is 10.1. The Bertz CT molecular complexity index is 3410. The fraction of sp³-hybridized carbons (Fsp3) is 0.310. The Kier molecular flexibility index (Phi) is 15.0. The minimum atomic E-state index is -0.694. The molecule has 4 fully saturated rings. The summed E-state index contributed by atoms with van der Waals surface area (Å²) in [6.07, 6.45) is 11.5. The van der Waals surface area contributed by atoms with E-state index >= 15 is 4.39 Å². The third-order valence-electron chi connectivity index (χ3n) is 15.0. The molecule has 0 spiro atoms. The number of hydrogen-bond donors (Lipinski definition) is 4. The van der Waals surface area contributed by atoms with Crippen LogP contribution in [0.5, 0.6) is 11.5 Å². The van der Waals surface area contributed by atoms with Crippen LogP contribution < -0.4 is 31.2 Å². The first-order valence-corrected chi connectivity index (χ1v) is 25.8. The zero-order chi connectivity index (χ0) is 54.9. The van der Waals surface area contributed by atoms with Gasteiger partial charge in [-0.05, 0) is 141 Å². The van der Waals surface area contributed by atoms with Crippen LogP contribution in [-0.4, -0.2) is 103 Å². The Morgan fingerprint density at radius 1 is 0.718 bits per heavy atom. The predicted octanol–water partition coefficient (Wildman–Crippen LogP) is 8.21. The number of aliphatic hydroxyl groups excluding tert-OH is 1. The molecular weight excluding hydrogens is 1010 g/mol. The number of aromatic nitrogens is 4. The fourth-order valence-corrected chi connectivity index (χ4v) is 10.1. The summed E-state index contributed by atoms with van der Waals surface area (Å²) >= 11 is 0. The molecule has 0 unspecified atom stereocenters. The quantitative estimate of drug-likeness (QED) is 0.0670. The molecule has 2 saturated heterocycles. The summed E-state index contributed by atoms with van der Waals surface area (Å²) < 4.78 is 56.6. The lowest BCUT2D eigenvalue weighted by molar-refractivity contribution is -0.135. The minimum absolute atomic E-state index is 0.0371. The van der Waals surface area contributed by atoms with E-state index in [-0.39, 0.29) is 100 Å². The van der Waals surface area contributed by atoms with Gasteiger partial charge in [-0.2, -0.15) is 0 Å². The standard InChI is InChI=1S/C30H30FN5O4.C28H27F2N5O3/c1-2-26(38)35-10-8-21(35)15-40-28-27(33-16-34-29(28)32)23-12-20(31)13-25(24(23)14-37)36-9-7-19-11-18(17-3-4-17)5-6-22(19)30(36)39;1-3-24(36)35-9-8-19(35)13-38-26-25(32-14-33-27(26)31)21-11-18(29)12-23(15(21)2)34-28(37)20-7-6-17(10-22(20)30)16-4-5-16/h2,5-6,11-13,16-17,21,37H,1,3-4,7-10,14-15H2,(H2,32,33,34);3,6-7,10-12,14,16,19H,1,4-5,8-9,13H2,2H3,(H,34,37)(H2,31,32,33)/t21-;19-/m01/s1. The number of rotatable bonds is 16. The lowest BCUT2D eigenvalue weighted by atomic mass is 9.93. The maximum absolute atomic E-state index is 15.2. The third kappa shape index (κ3) is 10.7. The van der Waals surface area contributed by atoms with Gasteiger partial charge in [-0.3, -0.25) is 19.2 Å². The number of ether oxygens (including phenoxy) is 2. The number of anilines is 4. The number of hydrogen-bond acceptors (Lipinski definition) is 13. The monoisotopic (exact) mass is 1060 g/mol. The van der Waals surface area contributed by atoms with Gasteiger partial charge in [0.05, 0.1) is 29.9 Å². The van der Waals surface area contributed by atoms with Gasteiger partial charge in [0.2, 0.25) is 11.8 Å². The number of halogens is 3. The van der Waals surface area contributed by atoms with E-state index in [2.05, 4.69) is 44.5 Å². The van der Waals surface area contributed by atoms with Crippen molar-refractivity contribution in [1.82, 2.24) is 29.7 Å². The van der Waals surface area contributed by atoms with Crippen molar-refractivity contribution in [2.24, 2.45) is 0 Å². The first-order chi connectivity index (χ1) is 37.6. The minimum Gasteiger partial charge on any atom is -0.485 e. The third-order valence-corrected chi connectivity index (χ3v) is 15.0. The van der Waals surface area contributed by atoms with Crippen LogP contribution in [0.2, 0.25) is 0 Å². The maximum atomic E-state index is 15.2. The number of nitrogens with one attached hydrogen (secondary N) is 1. The molecule has 20 heteroatoms. The molecule has 0 radical (unpaired) electrons. The molecule has 17 nitrogen and oxygen atoms in total. The molecule has 402 valence electrons. The number of carbonyl (C=O) groups excluding carboxylic acids is 4. The van der Waals surface area contributed by atoms with Crippen molar-refractivity contribution in [1.29, 1.82) is 0 Å². The summed E-state index contributed by atoms with van der Waals surface area (Å²) in [5.74, 6) is -1.92. The number of aliphatic hydroxyl groups is 1. The normalized spacial score (nSPS) is 17.4. The van der Waals surface area contributed by atoms with E-state index < -0.39 is 30.0 Å². The van der Waals surface area contributed by atoms with Crippen LogP contribution in [-0.2, 0) is 22.6 Å². The van der Waals surface area contributed by atoms with Gasteiger partial charge in [0.1, 0.15) is 54.7 Å². The zero-order valence-corrected chi connectivity index (χ0v) is 42.8. The van der Waals surface area contributed by atoms with Crippen LogP contribution in [0.1, 0.15) is 98.9 Å². The van der Waals surface area contributed by atoms with E-state index in [1.807, 2.05) is 12.1 Å². The first-order valence-electron chi connectivity index (χ1n) is 25.8. The summed E-state index contributed by atoms with van der Waals surface area (Å²) in [5.41, 5.74) is 18.0. The Labute approximate surface area is 447 Å². The zero-order valence-electron chi connectivity index (χ0n) is 42.8. The SMILES string of the molecule is C=CC(=O)N1CC[C@@H]1COc1c(N)ncnc1-c1cc(F)cc(NC(=O)c2ccc(C3CC3)cc2F)c1C.C=CC(=O)N1CC[C@H]1COc1c(N)ncnc1-c1cc(F)cc(N2CCc3cc(C4CC4)ccc3C2=O)c1CO. The number of nitrogen functional groups attached to an aromatic ring is 2. The van der Waals surface area contributed by atoms with Gasteiger partial charge in [-0.25, -0.2) is 33.1 Å². The van der Waals surface area contributed by atoms with E-state index in [0.717, 1.165) is 42.9 Å². The number of benzene rings is 4. The number of amides is 4. The second-order valence-corrected chi connectivity index (χ2v) is 20.0. The Morgan fingerprint density at radius 2 is 1.27 bits per heavy atom. The topological polar surface area (TPSA) is 232 Å². The molecule has 3 aliphatic heterocycles. The lowest BCUT2D eigenvalue weighted by Crippen LogP contribution is -2.53. The van der Waals surface area contributed by atoms with Gasteiger partial charge in [0.15, 0.2) is 23.1 Å². The summed E-state index contributed by atoms with van der Waals surface area (Å²) in [6.45, 7) is 10.1. The lowest BCUT2D eigenvalue weighted by Gasteiger charge is -2.40. The van der Waals surface area contributed by atoms with Crippen molar-refractivity contribution in [3.05, 3.63) is 155 Å². The Balaban J connectivity index is 0.000000177. The average molecular weight is 1060 g/mol. The number of likely N-dealkylation sites (tertiary alicyclic amines) is 2. The van der Waals surface area contributed by atoms with Crippen LogP contribution in [0.25, 0.3) is 22.5 Å². The molecular formula is C58H57F3N10O7. The molecule has 2 aliphatic carbocycles. The summed E-state index contributed by atoms with van der Waals surface area (Å²) in [7, 11) is 0. The molecule has 5 heterocycles. The van der Waals surface area contributed by atoms with Crippen molar-refractivity contribution >= 4 is 46.6 Å². The van der Waals surface area contributed by atoms with Crippen molar-refractivity contribution in [3.8, 4) is 34.0 Å². The van der Waals surface area contributed by atoms with Crippen LogP contribution >= 0.6 is 0 Å². The largest absolute Gasteiger partial charge is 0.485 e. The molecule has 4 amide bonds. The van der Waals surface area contributed by atoms with Gasteiger partial charge in [0, 0.05) is 47.6 Å². The predicted molar refractivity (Wildman–Crippen MR) is 286 cm³/mol. The second kappa shape index (κ2) is 22.1. The van der Waals surface area contributed by atoms with Gasteiger partial charge in [0.25, 0.3) is 11.8 Å². The highest BCUT2D eigenvalue weighted by atomic mass is 19.1. The molecule has 2 saturated carbocycles.